The maximum Gasteiger partial charge on any atom is 0.407 e. The summed E-state index contributed by atoms with van der Waals surface area (Å²) in [5.74, 6) is 0.434. The molecule has 312 valence electrons. The number of benzene rings is 3. The highest BCUT2D eigenvalue weighted by Gasteiger charge is 2.39. The number of carbonyl (C=O) groups is 4. The summed E-state index contributed by atoms with van der Waals surface area (Å²) in [4.78, 5) is 84.1. The number of likely N-dealkylation sites (tertiary alicyclic amines) is 2. The summed E-state index contributed by atoms with van der Waals surface area (Å²) >= 11 is 0. The number of rotatable bonds is 10. The number of amides is 4. The third kappa shape index (κ3) is 7.41. The van der Waals surface area contributed by atoms with Crippen LogP contribution in [0.2, 0.25) is 0 Å². The molecule has 5 heterocycles. The summed E-state index contributed by atoms with van der Waals surface area (Å²) < 4.78 is 11.2. The maximum atomic E-state index is 14.0. The van der Waals surface area contributed by atoms with Crippen LogP contribution < -0.4 is 16.1 Å². The fraction of sp³-hybridized carbons (Fsp3) is 0.386. The quantitative estimate of drug-likeness (QED) is 0.0714. The summed E-state index contributed by atoms with van der Waals surface area (Å²) in [7, 11) is 1.27. The molecule has 3 aromatic heterocycles. The first-order valence-electron chi connectivity index (χ1n) is 20.3. The smallest absolute Gasteiger partial charge is 0.407 e. The predicted molar refractivity (Wildman–Crippen MR) is 224 cm³/mol. The second-order valence-corrected chi connectivity index (χ2v) is 16.3. The number of imidazole rings is 2. The number of H-pyrrole nitrogens is 2. The number of hydrogen-bond donors (Lipinski definition) is 5. The van der Waals surface area contributed by atoms with E-state index in [0.717, 1.165) is 40.4 Å². The van der Waals surface area contributed by atoms with Crippen LogP contribution in [0.15, 0.2) is 70.1 Å². The second kappa shape index (κ2) is 16.2. The van der Waals surface area contributed by atoms with Crippen molar-refractivity contribution >= 4 is 56.7 Å². The van der Waals surface area contributed by atoms with Gasteiger partial charge in [0.2, 0.25) is 17.2 Å². The van der Waals surface area contributed by atoms with Crippen LogP contribution in [0.5, 0.6) is 0 Å². The van der Waals surface area contributed by atoms with Gasteiger partial charge >= 0.3 is 12.2 Å². The molecule has 2 saturated heterocycles. The standard InChI is InChI=1S/C44H48N8O8/c1-22(2)35(49-43(56)57)41(54)51-16-6-8-32(51)39-45-20-30(47-39)25-11-13-27-24(18-25)10-14-28-37(53)29-19-26(12-15-34(29)60-38(27)28)31-21-46-40(48-31)33-9-7-17-52(33)42(55)36(23(3)4)50-44(58)59-5/h10-15,18-23,32-33,35-36,49H,6-9,16-17H2,1-5H3,(H,45,47)(H,46,48)(H,50,58)(H,56,57)/t32-,33-,35-,36+/m1/s1. The number of nitrogens with zero attached hydrogens (tertiary/aromatic N) is 4. The Balaban J connectivity index is 1.04. The van der Waals surface area contributed by atoms with Crippen LogP contribution in [0.4, 0.5) is 9.59 Å². The number of carbonyl (C=O) groups excluding carboxylic acids is 3. The molecule has 16 heteroatoms. The Bertz CT molecular complexity index is 2700. The van der Waals surface area contributed by atoms with Crippen molar-refractivity contribution in [1.82, 2.24) is 40.4 Å². The highest BCUT2D eigenvalue weighted by atomic mass is 16.5. The maximum absolute atomic E-state index is 14.0. The van der Waals surface area contributed by atoms with E-state index >= 15 is 0 Å². The van der Waals surface area contributed by atoms with Crippen LogP contribution in [0, 0.1) is 11.8 Å². The molecule has 6 aromatic rings. The molecule has 3 aromatic carbocycles. The van der Waals surface area contributed by atoms with Gasteiger partial charge in [0.05, 0.1) is 53.7 Å². The molecule has 0 aliphatic carbocycles. The molecule has 0 bridgehead atoms. The van der Waals surface area contributed by atoms with Gasteiger partial charge in [-0.2, -0.15) is 0 Å². The van der Waals surface area contributed by atoms with E-state index in [1.165, 1.54) is 7.11 Å². The fourth-order valence-corrected chi connectivity index (χ4v) is 8.61. The normalized spacial score (nSPS) is 17.9. The van der Waals surface area contributed by atoms with E-state index in [0.29, 0.717) is 65.2 Å². The van der Waals surface area contributed by atoms with E-state index in [4.69, 9.17) is 9.15 Å². The van der Waals surface area contributed by atoms with Crippen LogP contribution in [0.3, 0.4) is 0 Å². The zero-order chi connectivity index (χ0) is 42.4. The Labute approximate surface area is 344 Å². The lowest BCUT2D eigenvalue weighted by atomic mass is 10.0. The van der Waals surface area contributed by atoms with E-state index in [-0.39, 0.29) is 41.2 Å². The van der Waals surface area contributed by atoms with Crippen molar-refractivity contribution in [2.45, 2.75) is 77.5 Å². The minimum Gasteiger partial charge on any atom is -0.465 e. The lowest BCUT2D eigenvalue weighted by Gasteiger charge is -2.30. The Morgan fingerprint density at radius 3 is 1.88 bits per heavy atom. The first-order chi connectivity index (χ1) is 28.8. The summed E-state index contributed by atoms with van der Waals surface area (Å²) in [5, 5.41) is 16.9. The molecule has 4 amide bonds. The van der Waals surface area contributed by atoms with Crippen LogP contribution in [0.1, 0.15) is 77.1 Å². The third-order valence-electron chi connectivity index (χ3n) is 11.8. The Hall–Kier alpha value is -6.71. The van der Waals surface area contributed by atoms with Crippen molar-refractivity contribution in [1.29, 1.82) is 0 Å². The lowest BCUT2D eigenvalue weighted by Crippen LogP contribution is -2.51. The van der Waals surface area contributed by atoms with E-state index in [2.05, 4.69) is 30.6 Å². The number of aromatic nitrogens is 4. The van der Waals surface area contributed by atoms with Gasteiger partial charge in [0.25, 0.3) is 0 Å². The first kappa shape index (κ1) is 40.1. The van der Waals surface area contributed by atoms with Gasteiger partial charge in [0, 0.05) is 29.6 Å². The van der Waals surface area contributed by atoms with Crippen LogP contribution >= 0.6 is 0 Å². The predicted octanol–water partition coefficient (Wildman–Crippen LogP) is 6.88. The molecule has 2 aliphatic rings. The summed E-state index contributed by atoms with van der Waals surface area (Å²) in [6, 6.07) is 12.8. The Kier molecular flexibility index (Phi) is 10.8. The zero-order valence-electron chi connectivity index (χ0n) is 34.1. The van der Waals surface area contributed by atoms with Crippen molar-refractivity contribution < 1.29 is 33.4 Å². The summed E-state index contributed by atoms with van der Waals surface area (Å²) in [5.41, 5.74) is 3.78. The van der Waals surface area contributed by atoms with Crippen molar-refractivity contribution in [2.75, 3.05) is 20.2 Å². The monoisotopic (exact) mass is 816 g/mol. The minimum absolute atomic E-state index is 0.151. The van der Waals surface area contributed by atoms with Crippen LogP contribution in [0.25, 0.3) is 55.2 Å². The molecular weight excluding hydrogens is 769 g/mol. The Morgan fingerprint density at radius 2 is 1.32 bits per heavy atom. The molecule has 0 saturated carbocycles. The van der Waals surface area contributed by atoms with Crippen molar-refractivity contribution in [3.05, 3.63) is 82.8 Å². The minimum atomic E-state index is -1.23. The largest absolute Gasteiger partial charge is 0.465 e. The molecular formula is C44H48N8O8. The molecule has 60 heavy (non-hydrogen) atoms. The Morgan fingerprint density at radius 1 is 0.767 bits per heavy atom. The number of methoxy groups -OCH3 is 1. The van der Waals surface area contributed by atoms with Gasteiger partial charge < -0.3 is 44.7 Å². The summed E-state index contributed by atoms with van der Waals surface area (Å²) in [6.07, 6.45) is 4.53. The number of carboxylic acid groups (broad SMARTS) is 1. The molecule has 4 atom stereocenters. The van der Waals surface area contributed by atoms with Gasteiger partial charge in [-0.05, 0) is 79.3 Å². The van der Waals surface area contributed by atoms with E-state index in [1.807, 2.05) is 58.0 Å². The van der Waals surface area contributed by atoms with E-state index in [1.54, 1.807) is 40.4 Å². The van der Waals surface area contributed by atoms with E-state index in [9.17, 15) is 29.1 Å². The third-order valence-corrected chi connectivity index (χ3v) is 11.8. The van der Waals surface area contributed by atoms with E-state index < -0.39 is 24.3 Å². The molecule has 5 N–H and O–H groups in total. The molecule has 2 aliphatic heterocycles. The zero-order valence-corrected chi connectivity index (χ0v) is 34.1. The fourth-order valence-electron chi connectivity index (χ4n) is 8.61. The van der Waals surface area contributed by atoms with Gasteiger partial charge in [-0.15, -0.1) is 0 Å². The number of hydrogen-bond acceptors (Lipinski definition) is 9. The molecule has 2 fully saturated rings. The van der Waals surface area contributed by atoms with Crippen molar-refractivity contribution in [2.24, 2.45) is 11.8 Å². The number of ether oxygens (including phenoxy) is 1. The average molecular weight is 817 g/mol. The number of fused-ring (bicyclic) bond motifs is 4. The molecule has 16 nitrogen and oxygen atoms in total. The summed E-state index contributed by atoms with van der Waals surface area (Å²) in [6.45, 7) is 8.42. The molecule has 0 radical (unpaired) electrons. The number of alkyl carbamates (subject to hydrolysis) is 1. The second-order valence-electron chi connectivity index (χ2n) is 16.3. The highest BCUT2D eigenvalue weighted by molar-refractivity contribution is 6.07. The topological polar surface area (TPSA) is 216 Å². The molecule has 8 rings (SSSR count). The molecule has 0 spiro atoms. The lowest BCUT2D eigenvalue weighted by molar-refractivity contribution is -0.136. The van der Waals surface area contributed by atoms with Gasteiger partial charge in [0.1, 0.15) is 34.9 Å². The van der Waals surface area contributed by atoms with Crippen LogP contribution in [-0.4, -0.2) is 91.1 Å². The average Bonchev–Trinajstić information content (AvgIpc) is 4.08. The SMILES string of the molecule is COC(=O)N[C@H](C(=O)N1CCC[C@@H]1c1ncc(-c2ccc3oc4c(ccc5cc(-c6cnc([C@H]7CCCN7C(=O)[C@H](NC(=O)O)C(C)C)[nH]6)ccc54)c(=O)c3c2)[nH]1)C(C)C. The first-order valence-corrected chi connectivity index (χ1v) is 20.3. The van der Waals surface area contributed by atoms with Gasteiger partial charge in [-0.1, -0.05) is 39.8 Å². The van der Waals surface area contributed by atoms with Crippen molar-refractivity contribution in [3.8, 4) is 22.5 Å². The highest BCUT2D eigenvalue weighted by Crippen LogP contribution is 2.36. The van der Waals surface area contributed by atoms with Crippen molar-refractivity contribution in [3.63, 3.8) is 0 Å². The van der Waals surface area contributed by atoms with Gasteiger partial charge in [0.15, 0.2) is 0 Å². The van der Waals surface area contributed by atoms with Crippen LogP contribution in [-0.2, 0) is 14.3 Å². The molecule has 0 unspecified atom stereocenters. The van der Waals surface area contributed by atoms with Gasteiger partial charge in [-0.25, -0.2) is 19.6 Å². The number of aromatic amines is 2. The number of nitrogens with one attached hydrogen (secondary N) is 4. The van der Waals surface area contributed by atoms with Gasteiger partial charge in [-0.3, -0.25) is 14.4 Å².